The Hall–Kier alpha value is -1.60. The standard InChI is InChI=1S/C23H34BrN3O3/c1-22(2,3)30-21(28)26-15-11-23(4,12-16-26)27-13-9-18(10-14-27)20(25-29)17-5-7-19(24)8-6-17/h5-8,18,29H,9-16H2,1-4H3/b25-20+. The second-order valence-electron chi connectivity index (χ2n) is 9.72. The number of piperidine rings is 2. The van der Waals surface area contributed by atoms with Gasteiger partial charge >= 0.3 is 6.09 Å². The first-order chi connectivity index (χ1) is 14.1. The molecule has 2 saturated heterocycles. The fourth-order valence-corrected chi connectivity index (χ4v) is 4.77. The zero-order valence-corrected chi connectivity index (χ0v) is 20.1. The number of amides is 1. The monoisotopic (exact) mass is 479 g/mol. The summed E-state index contributed by atoms with van der Waals surface area (Å²) < 4.78 is 6.54. The number of nitrogens with zero attached hydrogens (tertiary/aromatic N) is 3. The highest BCUT2D eigenvalue weighted by Gasteiger charge is 2.39. The Morgan fingerprint density at radius 3 is 2.20 bits per heavy atom. The van der Waals surface area contributed by atoms with Gasteiger partial charge in [-0.05, 0) is 84.2 Å². The summed E-state index contributed by atoms with van der Waals surface area (Å²) in [6.45, 7) is 11.4. The average Bonchev–Trinajstić information content (AvgIpc) is 2.69. The first kappa shape index (κ1) is 23.1. The minimum atomic E-state index is -0.458. The van der Waals surface area contributed by atoms with E-state index in [4.69, 9.17) is 4.74 Å². The number of ether oxygens (including phenoxy) is 1. The van der Waals surface area contributed by atoms with Crippen LogP contribution in [0.5, 0.6) is 0 Å². The number of hydrogen-bond acceptors (Lipinski definition) is 5. The molecule has 1 N–H and O–H groups in total. The summed E-state index contributed by atoms with van der Waals surface area (Å²) in [5, 5.41) is 13.3. The van der Waals surface area contributed by atoms with E-state index in [0.717, 1.165) is 67.6 Å². The molecule has 0 radical (unpaired) electrons. The highest BCUT2D eigenvalue weighted by atomic mass is 79.9. The molecule has 0 unspecified atom stereocenters. The van der Waals surface area contributed by atoms with Gasteiger partial charge in [0.05, 0.1) is 5.71 Å². The van der Waals surface area contributed by atoms with Gasteiger partial charge in [-0.3, -0.25) is 4.90 Å². The summed E-state index contributed by atoms with van der Waals surface area (Å²) in [6, 6.07) is 7.96. The molecule has 3 rings (SSSR count). The number of rotatable bonds is 3. The Morgan fingerprint density at radius 1 is 1.13 bits per heavy atom. The van der Waals surface area contributed by atoms with Gasteiger partial charge in [-0.2, -0.15) is 0 Å². The second-order valence-corrected chi connectivity index (χ2v) is 10.6. The predicted molar refractivity (Wildman–Crippen MR) is 122 cm³/mol. The van der Waals surface area contributed by atoms with Crippen molar-refractivity contribution in [1.82, 2.24) is 9.80 Å². The topological polar surface area (TPSA) is 65.4 Å². The summed E-state index contributed by atoms with van der Waals surface area (Å²) in [5.74, 6) is 0.262. The molecule has 1 amide bonds. The van der Waals surface area contributed by atoms with Gasteiger partial charge < -0.3 is 14.8 Å². The summed E-state index contributed by atoms with van der Waals surface area (Å²) in [4.78, 5) is 16.8. The van der Waals surface area contributed by atoms with Gasteiger partial charge in [0.2, 0.25) is 0 Å². The normalized spacial score (nSPS) is 21.5. The molecule has 1 aromatic carbocycles. The largest absolute Gasteiger partial charge is 0.444 e. The summed E-state index contributed by atoms with van der Waals surface area (Å²) >= 11 is 3.46. The Kier molecular flexibility index (Phi) is 7.13. The van der Waals surface area contributed by atoms with Crippen molar-refractivity contribution in [2.45, 2.75) is 64.5 Å². The lowest BCUT2D eigenvalue weighted by Crippen LogP contribution is -2.57. The maximum atomic E-state index is 12.4. The van der Waals surface area contributed by atoms with Crippen molar-refractivity contribution in [3.05, 3.63) is 34.3 Å². The third-order valence-corrected chi connectivity index (χ3v) is 6.91. The van der Waals surface area contributed by atoms with Crippen LogP contribution in [0.25, 0.3) is 0 Å². The van der Waals surface area contributed by atoms with E-state index in [0.29, 0.717) is 0 Å². The van der Waals surface area contributed by atoms with Crippen molar-refractivity contribution >= 4 is 27.7 Å². The maximum Gasteiger partial charge on any atom is 0.410 e. The van der Waals surface area contributed by atoms with Crippen LogP contribution in [0.4, 0.5) is 4.79 Å². The zero-order valence-electron chi connectivity index (χ0n) is 18.5. The number of benzene rings is 1. The van der Waals surface area contributed by atoms with E-state index in [9.17, 15) is 10.0 Å². The van der Waals surface area contributed by atoms with Crippen LogP contribution in [0, 0.1) is 5.92 Å². The molecule has 0 aliphatic carbocycles. The molecule has 1 aromatic rings. The number of carbonyl (C=O) groups is 1. The number of hydrogen-bond donors (Lipinski definition) is 1. The fourth-order valence-electron chi connectivity index (χ4n) is 4.50. The number of oxime groups is 1. The van der Waals surface area contributed by atoms with Gasteiger partial charge in [0.1, 0.15) is 5.60 Å². The number of likely N-dealkylation sites (tertiary alicyclic amines) is 2. The summed E-state index contributed by atoms with van der Waals surface area (Å²) in [6.07, 6.45) is 3.64. The van der Waals surface area contributed by atoms with E-state index in [-0.39, 0.29) is 17.6 Å². The van der Waals surface area contributed by atoms with E-state index in [1.807, 2.05) is 49.9 Å². The van der Waals surface area contributed by atoms with Crippen molar-refractivity contribution in [3.8, 4) is 0 Å². The van der Waals surface area contributed by atoms with Crippen LogP contribution in [-0.2, 0) is 4.74 Å². The van der Waals surface area contributed by atoms with Gasteiger partial charge in [0.25, 0.3) is 0 Å². The molecule has 0 spiro atoms. The van der Waals surface area contributed by atoms with E-state index in [1.54, 1.807) is 0 Å². The van der Waals surface area contributed by atoms with Crippen LogP contribution < -0.4 is 0 Å². The molecule has 6 nitrogen and oxygen atoms in total. The quantitative estimate of drug-likeness (QED) is 0.370. The molecule has 0 bridgehead atoms. The molecular formula is C23H34BrN3O3. The van der Waals surface area contributed by atoms with Crippen LogP contribution >= 0.6 is 15.9 Å². The van der Waals surface area contributed by atoms with Crippen LogP contribution in [-0.4, -0.2) is 64.1 Å². The third kappa shape index (κ3) is 5.55. The molecule has 2 aliphatic heterocycles. The minimum Gasteiger partial charge on any atom is -0.444 e. The van der Waals surface area contributed by atoms with E-state index < -0.39 is 5.60 Å². The van der Waals surface area contributed by atoms with Crippen LogP contribution in [0.15, 0.2) is 33.9 Å². The Morgan fingerprint density at radius 2 is 1.70 bits per heavy atom. The lowest BCUT2D eigenvalue weighted by molar-refractivity contribution is -0.00822. The van der Waals surface area contributed by atoms with Crippen molar-refractivity contribution in [3.63, 3.8) is 0 Å². The lowest BCUT2D eigenvalue weighted by atomic mass is 9.82. The minimum absolute atomic E-state index is 0.0949. The molecular weight excluding hydrogens is 446 g/mol. The second kappa shape index (κ2) is 9.27. The van der Waals surface area contributed by atoms with E-state index in [2.05, 4.69) is 32.9 Å². The molecule has 2 aliphatic rings. The highest BCUT2D eigenvalue weighted by molar-refractivity contribution is 9.10. The smallest absolute Gasteiger partial charge is 0.410 e. The van der Waals surface area contributed by atoms with Crippen molar-refractivity contribution < 1.29 is 14.7 Å². The molecule has 2 fully saturated rings. The molecule has 30 heavy (non-hydrogen) atoms. The Labute approximate surface area is 188 Å². The fraction of sp³-hybridized carbons (Fsp3) is 0.652. The predicted octanol–water partition coefficient (Wildman–Crippen LogP) is 5.13. The molecule has 166 valence electrons. The van der Waals surface area contributed by atoms with Gasteiger partial charge in [-0.15, -0.1) is 0 Å². The maximum absolute atomic E-state index is 12.4. The SMILES string of the molecule is CC(C)(C)OC(=O)N1CCC(C)(N2CCC(/C(=N/O)c3ccc(Br)cc3)CC2)CC1. The van der Waals surface area contributed by atoms with Gasteiger partial charge in [-0.25, -0.2) is 4.79 Å². The first-order valence-corrected chi connectivity index (χ1v) is 11.6. The lowest BCUT2D eigenvalue weighted by Gasteiger charge is -2.49. The number of halogens is 1. The van der Waals surface area contributed by atoms with Gasteiger partial charge in [-0.1, -0.05) is 33.2 Å². The van der Waals surface area contributed by atoms with Crippen LogP contribution in [0.1, 0.15) is 58.9 Å². The summed E-state index contributed by atoms with van der Waals surface area (Å²) in [7, 11) is 0. The average molecular weight is 480 g/mol. The summed E-state index contributed by atoms with van der Waals surface area (Å²) in [5.41, 5.74) is 1.40. The van der Waals surface area contributed by atoms with Crippen molar-refractivity contribution in [1.29, 1.82) is 0 Å². The van der Waals surface area contributed by atoms with E-state index >= 15 is 0 Å². The molecule has 7 heteroatoms. The number of carbonyl (C=O) groups excluding carboxylic acids is 1. The van der Waals surface area contributed by atoms with Crippen LogP contribution in [0.2, 0.25) is 0 Å². The first-order valence-electron chi connectivity index (χ1n) is 10.8. The Balaban J connectivity index is 1.55. The third-order valence-electron chi connectivity index (χ3n) is 6.39. The molecule has 0 atom stereocenters. The molecule has 0 aromatic heterocycles. The molecule has 2 heterocycles. The molecule has 0 saturated carbocycles. The zero-order chi connectivity index (χ0) is 21.9. The van der Waals surface area contributed by atoms with Crippen LogP contribution in [0.3, 0.4) is 0 Å². The van der Waals surface area contributed by atoms with Crippen molar-refractivity contribution in [2.24, 2.45) is 11.1 Å². The van der Waals surface area contributed by atoms with E-state index in [1.165, 1.54) is 0 Å². The van der Waals surface area contributed by atoms with Gasteiger partial charge in [0, 0.05) is 29.0 Å². The Bertz CT molecular complexity index is 757. The van der Waals surface area contributed by atoms with Crippen molar-refractivity contribution in [2.75, 3.05) is 26.2 Å². The van der Waals surface area contributed by atoms with Gasteiger partial charge in [0.15, 0.2) is 0 Å². The highest BCUT2D eigenvalue weighted by Crippen LogP contribution is 2.34.